The third kappa shape index (κ3) is 2.83. The highest BCUT2D eigenvalue weighted by Crippen LogP contribution is 2.22. The Kier molecular flexibility index (Phi) is 4.21. The van der Waals surface area contributed by atoms with Crippen molar-refractivity contribution < 1.29 is 14.3 Å². The molecule has 4 nitrogen and oxygen atoms in total. The average Bonchev–Trinajstić information content (AvgIpc) is 2.90. The van der Waals surface area contributed by atoms with Crippen LogP contribution in [-0.2, 0) is 4.74 Å². The lowest BCUT2D eigenvalue weighted by Gasteiger charge is -2.08. The summed E-state index contributed by atoms with van der Waals surface area (Å²) in [6.07, 6.45) is 0. The van der Waals surface area contributed by atoms with E-state index in [2.05, 4.69) is 4.98 Å². The molecule has 0 radical (unpaired) electrons. The second-order valence-corrected chi connectivity index (χ2v) is 5.92. The molecule has 1 N–H and O–H groups in total. The summed E-state index contributed by atoms with van der Waals surface area (Å²) in [4.78, 5) is 28.0. The summed E-state index contributed by atoms with van der Waals surface area (Å²) in [5.74, 6) is -0.675. The molecule has 0 aliphatic heterocycles. The topological polar surface area (TPSA) is 59.2 Å². The summed E-state index contributed by atoms with van der Waals surface area (Å²) in [7, 11) is 0. The number of carbonyl (C=O) groups is 2. The molecule has 0 unspecified atom stereocenters. The van der Waals surface area contributed by atoms with Gasteiger partial charge in [0.25, 0.3) is 0 Å². The van der Waals surface area contributed by atoms with E-state index in [9.17, 15) is 9.59 Å². The average molecular weight is 321 g/mol. The maximum absolute atomic E-state index is 12.5. The Balaban J connectivity index is 1.79. The van der Waals surface area contributed by atoms with Crippen molar-refractivity contribution in [2.75, 3.05) is 6.61 Å². The fraction of sp³-hybridized carbons (Fsp3) is 0.200. The highest BCUT2D eigenvalue weighted by Gasteiger charge is 2.19. The Bertz CT molecular complexity index is 937. The standard InChI is InChI=1S/C20H19NO3/c1-12-7-6-9-15(13(12)2)20(23)24-11-18(22)19-14(3)21-17-10-5-4-8-16(17)19/h4-10,21H,11H2,1-3H3. The normalized spacial score (nSPS) is 10.8. The Labute approximate surface area is 140 Å². The Morgan fingerprint density at radius 1 is 1.00 bits per heavy atom. The number of rotatable bonds is 4. The predicted octanol–water partition coefficient (Wildman–Crippen LogP) is 4.13. The zero-order valence-electron chi connectivity index (χ0n) is 14.0. The van der Waals surface area contributed by atoms with Crippen LogP contribution >= 0.6 is 0 Å². The molecule has 0 amide bonds. The van der Waals surface area contributed by atoms with E-state index in [-0.39, 0.29) is 12.4 Å². The van der Waals surface area contributed by atoms with Crippen LogP contribution in [0.15, 0.2) is 42.5 Å². The van der Waals surface area contributed by atoms with Crippen molar-refractivity contribution in [3.05, 3.63) is 70.4 Å². The summed E-state index contributed by atoms with van der Waals surface area (Å²) in [6, 6.07) is 13.1. The number of aromatic nitrogens is 1. The minimum Gasteiger partial charge on any atom is -0.454 e. The first kappa shape index (κ1) is 16.0. The first-order valence-electron chi connectivity index (χ1n) is 7.83. The number of hydrogen-bond acceptors (Lipinski definition) is 3. The molecule has 0 bridgehead atoms. The molecule has 3 aromatic rings. The Morgan fingerprint density at radius 2 is 1.75 bits per heavy atom. The number of nitrogens with one attached hydrogen (secondary N) is 1. The summed E-state index contributed by atoms with van der Waals surface area (Å²) < 4.78 is 5.25. The molecule has 0 fully saturated rings. The van der Waals surface area contributed by atoms with E-state index in [0.717, 1.165) is 27.7 Å². The second kappa shape index (κ2) is 6.32. The van der Waals surface area contributed by atoms with Crippen molar-refractivity contribution in [2.24, 2.45) is 0 Å². The van der Waals surface area contributed by atoms with Gasteiger partial charge in [-0.1, -0.05) is 30.3 Å². The maximum Gasteiger partial charge on any atom is 0.338 e. The monoisotopic (exact) mass is 321 g/mol. The molecule has 0 aliphatic carbocycles. The number of ether oxygens (including phenoxy) is 1. The molecule has 0 atom stereocenters. The van der Waals surface area contributed by atoms with Gasteiger partial charge in [0.2, 0.25) is 5.78 Å². The minimum atomic E-state index is -0.470. The lowest BCUT2D eigenvalue weighted by molar-refractivity contribution is 0.0474. The number of aryl methyl sites for hydroxylation is 2. The molecule has 24 heavy (non-hydrogen) atoms. The van der Waals surface area contributed by atoms with Crippen LogP contribution in [-0.4, -0.2) is 23.3 Å². The van der Waals surface area contributed by atoms with E-state index in [0.29, 0.717) is 11.1 Å². The van der Waals surface area contributed by atoms with Gasteiger partial charge in [0.05, 0.1) is 5.56 Å². The Morgan fingerprint density at radius 3 is 2.54 bits per heavy atom. The van der Waals surface area contributed by atoms with Gasteiger partial charge in [0.15, 0.2) is 6.61 Å². The third-order valence-electron chi connectivity index (χ3n) is 4.33. The number of benzene rings is 2. The lowest BCUT2D eigenvalue weighted by atomic mass is 10.0. The number of para-hydroxylation sites is 1. The highest BCUT2D eigenvalue weighted by atomic mass is 16.5. The summed E-state index contributed by atoms with van der Waals surface area (Å²) >= 11 is 0. The number of carbonyl (C=O) groups excluding carboxylic acids is 2. The molecular formula is C20H19NO3. The fourth-order valence-electron chi connectivity index (χ4n) is 2.89. The SMILES string of the molecule is Cc1cccc(C(=O)OCC(=O)c2c(C)[nH]c3ccccc23)c1C. The zero-order valence-corrected chi connectivity index (χ0v) is 14.0. The fourth-order valence-corrected chi connectivity index (χ4v) is 2.89. The van der Waals surface area contributed by atoms with E-state index < -0.39 is 5.97 Å². The second-order valence-electron chi connectivity index (χ2n) is 5.92. The van der Waals surface area contributed by atoms with Gasteiger partial charge in [-0.15, -0.1) is 0 Å². The van der Waals surface area contributed by atoms with Crippen molar-refractivity contribution in [2.45, 2.75) is 20.8 Å². The molecule has 4 heteroatoms. The number of fused-ring (bicyclic) bond motifs is 1. The van der Waals surface area contributed by atoms with Crippen LogP contribution in [0, 0.1) is 20.8 Å². The predicted molar refractivity (Wildman–Crippen MR) is 93.6 cm³/mol. The molecule has 0 aliphatic rings. The van der Waals surface area contributed by atoms with Crippen molar-refractivity contribution in [1.82, 2.24) is 4.98 Å². The number of aromatic amines is 1. The number of Topliss-reactive ketones (excluding diaryl/α,β-unsaturated/α-hetero) is 1. The van der Waals surface area contributed by atoms with Gasteiger partial charge in [-0.3, -0.25) is 4.79 Å². The van der Waals surface area contributed by atoms with Crippen LogP contribution in [0.25, 0.3) is 10.9 Å². The van der Waals surface area contributed by atoms with Crippen LogP contribution < -0.4 is 0 Å². The van der Waals surface area contributed by atoms with Crippen molar-refractivity contribution in [3.63, 3.8) is 0 Å². The lowest BCUT2D eigenvalue weighted by Crippen LogP contribution is -2.15. The number of hydrogen-bond donors (Lipinski definition) is 1. The molecule has 1 aromatic heterocycles. The highest BCUT2D eigenvalue weighted by molar-refractivity contribution is 6.10. The quantitative estimate of drug-likeness (QED) is 0.580. The van der Waals surface area contributed by atoms with Crippen molar-refractivity contribution in [1.29, 1.82) is 0 Å². The van der Waals surface area contributed by atoms with Gasteiger partial charge in [-0.25, -0.2) is 4.79 Å². The molecular weight excluding hydrogens is 302 g/mol. The first-order valence-corrected chi connectivity index (χ1v) is 7.83. The number of H-pyrrole nitrogens is 1. The van der Waals surface area contributed by atoms with E-state index in [1.54, 1.807) is 6.07 Å². The maximum atomic E-state index is 12.5. The Hall–Kier alpha value is -2.88. The van der Waals surface area contributed by atoms with Gasteiger partial charge < -0.3 is 9.72 Å². The van der Waals surface area contributed by atoms with Crippen molar-refractivity contribution in [3.8, 4) is 0 Å². The largest absolute Gasteiger partial charge is 0.454 e. The van der Waals surface area contributed by atoms with E-state index >= 15 is 0 Å². The smallest absolute Gasteiger partial charge is 0.338 e. The summed E-state index contributed by atoms with van der Waals surface area (Å²) in [6.45, 7) is 5.39. The van der Waals surface area contributed by atoms with E-state index in [1.165, 1.54) is 0 Å². The van der Waals surface area contributed by atoms with Crippen LogP contribution in [0.2, 0.25) is 0 Å². The third-order valence-corrected chi connectivity index (χ3v) is 4.33. The molecule has 2 aromatic carbocycles. The van der Waals surface area contributed by atoms with Crippen LogP contribution in [0.5, 0.6) is 0 Å². The van der Waals surface area contributed by atoms with E-state index in [1.807, 2.05) is 57.2 Å². The zero-order chi connectivity index (χ0) is 17.3. The van der Waals surface area contributed by atoms with Gasteiger partial charge in [0, 0.05) is 22.2 Å². The van der Waals surface area contributed by atoms with Crippen LogP contribution in [0.1, 0.15) is 37.5 Å². The summed E-state index contributed by atoms with van der Waals surface area (Å²) in [5, 5.41) is 0.850. The molecule has 3 rings (SSSR count). The van der Waals surface area contributed by atoms with Gasteiger partial charge in [-0.2, -0.15) is 0 Å². The number of esters is 1. The molecule has 1 heterocycles. The molecule has 0 saturated heterocycles. The number of ketones is 1. The van der Waals surface area contributed by atoms with Gasteiger partial charge >= 0.3 is 5.97 Å². The van der Waals surface area contributed by atoms with Gasteiger partial charge in [0.1, 0.15) is 0 Å². The molecule has 0 saturated carbocycles. The molecule has 0 spiro atoms. The first-order chi connectivity index (χ1) is 11.5. The van der Waals surface area contributed by atoms with Crippen LogP contribution in [0.4, 0.5) is 0 Å². The van der Waals surface area contributed by atoms with Gasteiger partial charge in [-0.05, 0) is 44.0 Å². The molecule has 122 valence electrons. The van der Waals surface area contributed by atoms with E-state index in [4.69, 9.17) is 4.74 Å². The van der Waals surface area contributed by atoms with Crippen LogP contribution in [0.3, 0.4) is 0 Å². The summed E-state index contributed by atoms with van der Waals surface area (Å²) in [5.41, 5.74) is 4.66. The van der Waals surface area contributed by atoms with Crippen molar-refractivity contribution >= 4 is 22.7 Å². The minimum absolute atomic E-state index is 0.205.